The Hall–Kier alpha value is -2.74. The molecule has 2 aromatic heterocycles. The van der Waals surface area contributed by atoms with E-state index in [2.05, 4.69) is 10.4 Å². The number of nitrogens with zero attached hydrogens (tertiary/aromatic N) is 2. The maximum absolute atomic E-state index is 13.0. The maximum Gasteiger partial charge on any atom is 0.437 e. The van der Waals surface area contributed by atoms with E-state index >= 15 is 0 Å². The fourth-order valence-corrected chi connectivity index (χ4v) is 3.45. The van der Waals surface area contributed by atoms with Gasteiger partial charge in [0.15, 0.2) is 0 Å². The molecule has 2 heterocycles. The lowest BCUT2D eigenvalue weighted by atomic mass is 10.0. The lowest BCUT2D eigenvalue weighted by molar-refractivity contribution is -0.123. The van der Waals surface area contributed by atoms with Gasteiger partial charge in [-0.2, -0.15) is 4.68 Å². The second kappa shape index (κ2) is 7.65. The van der Waals surface area contributed by atoms with Gasteiger partial charge in [-0.05, 0) is 41.6 Å². The summed E-state index contributed by atoms with van der Waals surface area (Å²) in [6, 6.07) is 9.16. The minimum atomic E-state index is -0.739. The van der Waals surface area contributed by atoms with E-state index in [-0.39, 0.29) is 30.3 Å². The molecule has 1 atom stereocenters. The van der Waals surface area contributed by atoms with E-state index in [4.69, 9.17) is 4.42 Å². The van der Waals surface area contributed by atoms with E-state index in [0.29, 0.717) is 5.56 Å². The maximum atomic E-state index is 13.0. The molecule has 8 heteroatoms. The zero-order chi connectivity index (χ0) is 18.7. The number of hydrogen-bond acceptors (Lipinski definition) is 5. The lowest BCUT2D eigenvalue weighted by Gasteiger charge is -2.21. The van der Waals surface area contributed by atoms with E-state index in [1.807, 2.05) is 31.4 Å². The number of halogens is 1. The number of nitrogens with one attached hydrogen (secondary N) is 1. The molecular weight excluding hydrogens is 357 g/mol. The molecule has 6 nitrogen and oxygen atoms in total. The van der Waals surface area contributed by atoms with Crippen LogP contribution in [-0.2, 0) is 11.3 Å². The Bertz CT molecular complexity index is 930. The highest BCUT2D eigenvalue weighted by molar-refractivity contribution is 7.10. The van der Waals surface area contributed by atoms with Crippen molar-refractivity contribution in [2.24, 2.45) is 5.92 Å². The van der Waals surface area contributed by atoms with Gasteiger partial charge >= 0.3 is 5.76 Å². The molecule has 136 valence electrons. The number of carbonyl (C=O) groups excluding carboxylic acids is 1. The van der Waals surface area contributed by atoms with Crippen molar-refractivity contribution in [2.75, 3.05) is 0 Å². The first-order chi connectivity index (χ1) is 12.4. The molecule has 1 amide bonds. The summed E-state index contributed by atoms with van der Waals surface area (Å²) in [5, 5.41) is 8.91. The van der Waals surface area contributed by atoms with Crippen LogP contribution in [0.5, 0.6) is 0 Å². The van der Waals surface area contributed by atoms with Crippen molar-refractivity contribution in [2.45, 2.75) is 26.4 Å². The third-order valence-corrected chi connectivity index (χ3v) is 4.78. The third-order valence-electron chi connectivity index (χ3n) is 3.82. The Morgan fingerprint density at radius 3 is 2.65 bits per heavy atom. The van der Waals surface area contributed by atoms with Crippen LogP contribution in [0.15, 0.2) is 51.0 Å². The fraction of sp³-hybridized carbons (Fsp3) is 0.278. The number of benzene rings is 1. The number of rotatable bonds is 6. The van der Waals surface area contributed by atoms with Crippen molar-refractivity contribution in [1.29, 1.82) is 0 Å². The molecule has 3 aromatic rings. The number of amides is 1. The van der Waals surface area contributed by atoms with Crippen LogP contribution in [-0.4, -0.2) is 15.7 Å². The molecule has 0 spiro atoms. The SMILES string of the molecule is CC(C)[C@H](NC(=O)Cn1nc(-c2ccc(F)cc2)oc1=O)c1cccs1. The molecular formula is C18H18FN3O3S. The number of hydrogen-bond donors (Lipinski definition) is 1. The molecule has 0 aliphatic heterocycles. The van der Waals surface area contributed by atoms with Crippen molar-refractivity contribution >= 4 is 17.2 Å². The van der Waals surface area contributed by atoms with Crippen molar-refractivity contribution in [1.82, 2.24) is 15.1 Å². The van der Waals surface area contributed by atoms with Crippen LogP contribution in [0.25, 0.3) is 11.5 Å². The predicted octanol–water partition coefficient (Wildman–Crippen LogP) is 3.22. The van der Waals surface area contributed by atoms with Gasteiger partial charge in [-0.15, -0.1) is 16.4 Å². The third kappa shape index (κ3) is 4.08. The van der Waals surface area contributed by atoms with Crippen LogP contribution in [0.3, 0.4) is 0 Å². The second-order valence-electron chi connectivity index (χ2n) is 6.14. The first-order valence-corrected chi connectivity index (χ1v) is 8.98. The molecule has 0 unspecified atom stereocenters. The Kier molecular flexibility index (Phi) is 5.32. The molecule has 0 saturated carbocycles. The largest absolute Gasteiger partial charge is 0.437 e. The molecule has 0 aliphatic carbocycles. The van der Waals surface area contributed by atoms with E-state index in [9.17, 15) is 14.0 Å². The van der Waals surface area contributed by atoms with Crippen molar-refractivity contribution in [3.8, 4) is 11.5 Å². The molecule has 1 aromatic carbocycles. The van der Waals surface area contributed by atoms with E-state index < -0.39 is 11.6 Å². The van der Waals surface area contributed by atoms with E-state index in [0.717, 1.165) is 9.56 Å². The average Bonchev–Trinajstić information content (AvgIpc) is 3.24. The summed E-state index contributed by atoms with van der Waals surface area (Å²) in [7, 11) is 0. The number of carbonyl (C=O) groups is 1. The molecule has 0 aliphatic rings. The van der Waals surface area contributed by atoms with Gasteiger partial charge in [-0.25, -0.2) is 9.18 Å². The quantitative estimate of drug-likeness (QED) is 0.718. The van der Waals surface area contributed by atoms with Gasteiger partial charge in [-0.3, -0.25) is 4.79 Å². The summed E-state index contributed by atoms with van der Waals surface area (Å²) in [4.78, 5) is 25.4. The Balaban J connectivity index is 1.73. The zero-order valence-electron chi connectivity index (χ0n) is 14.3. The van der Waals surface area contributed by atoms with Gasteiger partial charge in [-0.1, -0.05) is 19.9 Å². The normalized spacial score (nSPS) is 12.3. The van der Waals surface area contributed by atoms with Gasteiger partial charge in [0, 0.05) is 10.4 Å². The van der Waals surface area contributed by atoms with Gasteiger partial charge < -0.3 is 9.73 Å². The summed E-state index contributed by atoms with van der Waals surface area (Å²) in [6.07, 6.45) is 0. The molecule has 26 heavy (non-hydrogen) atoms. The van der Waals surface area contributed by atoms with Crippen LogP contribution < -0.4 is 11.1 Å². The highest BCUT2D eigenvalue weighted by atomic mass is 32.1. The van der Waals surface area contributed by atoms with Crippen LogP contribution in [0.4, 0.5) is 4.39 Å². The van der Waals surface area contributed by atoms with Crippen LogP contribution in [0.2, 0.25) is 0 Å². The second-order valence-corrected chi connectivity index (χ2v) is 7.12. The minimum absolute atomic E-state index is 0.0430. The summed E-state index contributed by atoms with van der Waals surface area (Å²) in [5.41, 5.74) is 0.460. The highest BCUT2D eigenvalue weighted by Crippen LogP contribution is 2.25. The fourth-order valence-electron chi connectivity index (χ4n) is 2.50. The molecule has 0 saturated heterocycles. The predicted molar refractivity (Wildman–Crippen MR) is 96.2 cm³/mol. The Morgan fingerprint density at radius 2 is 2.04 bits per heavy atom. The van der Waals surface area contributed by atoms with Gasteiger partial charge in [0.1, 0.15) is 12.4 Å². The van der Waals surface area contributed by atoms with Gasteiger partial charge in [0.05, 0.1) is 6.04 Å². The van der Waals surface area contributed by atoms with Gasteiger partial charge in [0.2, 0.25) is 11.8 Å². The summed E-state index contributed by atoms with van der Waals surface area (Å²) >= 11 is 1.57. The number of thiophene rings is 1. The standard InChI is InChI=1S/C18H18FN3O3S/c1-11(2)16(14-4-3-9-26-14)20-15(23)10-22-18(24)25-17(21-22)12-5-7-13(19)8-6-12/h3-9,11,16H,10H2,1-2H3,(H,20,23)/t16-/m0/s1. The lowest BCUT2D eigenvalue weighted by Crippen LogP contribution is -2.35. The zero-order valence-corrected chi connectivity index (χ0v) is 15.1. The van der Waals surface area contributed by atoms with Gasteiger partial charge in [0.25, 0.3) is 0 Å². The van der Waals surface area contributed by atoms with E-state index in [1.165, 1.54) is 24.3 Å². The summed E-state index contributed by atoms with van der Waals surface area (Å²) < 4.78 is 19.0. The first-order valence-electron chi connectivity index (χ1n) is 8.10. The summed E-state index contributed by atoms with van der Waals surface area (Å²) in [5.74, 6) is -1.24. The monoisotopic (exact) mass is 375 g/mol. The topological polar surface area (TPSA) is 77.1 Å². The van der Waals surface area contributed by atoms with Crippen molar-refractivity contribution < 1.29 is 13.6 Å². The molecule has 0 radical (unpaired) electrons. The van der Waals surface area contributed by atoms with Crippen LogP contribution >= 0.6 is 11.3 Å². The molecule has 0 bridgehead atoms. The van der Waals surface area contributed by atoms with Crippen LogP contribution in [0, 0.1) is 11.7 Å². The van der Waals surface area contributed by atoms with E-state index in [1.54, 1.807) is 11.3 Å². The Morgan fingerprint density at radius 1 is 1.31 bits per heavy atom. The van der Waals surface area contributed by atoms with Crippen molar-refractivity contribution in [3.63, 3.8) is 0 Å². The minimum Gasteiger partial charge on any atom is -0.388 e. The average molecular weight is 375 g/mol. The molecule has 1 N–H and O–H groups in total. The first kappa shape index (κ1) is 18.1. The van der Waals surface area contributed by atoms with Crippen molar-refractivity contribution in [3.05, 3.63) is 63.0 Å². The Labute approximate surface area is 153 Å². The smallest absolute Gasteiger partial charge is 0.388 e. The number of aromatic nitrogens is 2. The highest BCUT2D eigenvalue weighted by Gasteiger charge is 2.21. The molecule has 0 fully saturated rings. The van der Waals surface area contributed by atoms with Crippen LogP contribution in [0.1, 0.15) is 24.8 Å². The summed E-state index contributed by atoms with van der Waals surface area (Å²) in [6.45, 7) is 3.78. The molecule has 3 rings (SSSR count).